The summed E-state index contributed by atoms with van der Waals surface area (Å²) in [5.41, 5.74) is 3.32. The lowest BCUT2D eigenvalue weighted by Crippen LogP contribution is -2.59. The van der Waals surface area contributed by atoms with Crippen LogP contribution in [0.3, 0.4) is 0 Å². The summed E-state index contributed by atoms with van der Waals surface area (Å²) < 4.78 is 37.9. The molecule has 0 aliphatic heterocycles. The lowest BCUT2D eigenvalue weighted by molar-refractivity contribution is -0.184. The number of hydrogen-bond acceptors (Lipinski definition) is 2. The number of halogens is 3. The van der Waals surface area contributed by atoms with Gasteiger partial charge in [0.1, 0.15) is 0 Å². The second kappa shape index (κ2) is 5.61. The highest BCUT2D eigenvalue weighted by Crippen LogP contribution is 2.29. The number of hydrogen-bond donors (Lipinski definition) is 2. The molecule has 6 heteroatoms. The van der Waals surface area contributed by atoms with Gasteiger partial charge in [-0.05, 0) is 25.0 Å². The normalized spacial score (nSPS) is 14.8. The van der Waals surface area contributed by atoms with Crippen LogP contribution in [0.4, 0.5) is 18.9 Å². The Morgan fingerprint density at radius 3 is 2.42 bits per heavy atom. The Bertz CT molecular complexity index is 455. The van der Waals surface area contributed by atoms with Gasteiger partial charge in [-0.1, -0.05) is 31.5 Å². The van der Waals surface area contributed by atoms with E-state index in [1.807, 2.05) is 6.92 Å². The molecule has 106 valence electrons. The maximum Gasteiger partial charge on any atom is 0.415 e. The molecule has 0 saturated heterocycles. The minimum absolute atomic E-state index is 0.371. The SMILES string of the molecule is CCCc1ccccc1NC(=O)C(C)(N)C(F)(F)F. The highest BCUT2D eigenvalue weighted by atomic mass is 19.4. The van der Waals surface area contributed by atoms with Gasteiger partial charge >= 0.3 is 6.18 Å². The Balaban J connectivity index is 2.94. The van der Waals surface area contributed by atoms with E-state index < -0.39 is 17.6 Å². The van der Waals surface area contributed by atoms with Crippen molar-refractivity contribution in [1.29, 1.82) is 0 Å². The van der Waals surface area contributed by atoms with E-state index in [1.165, 1.54) is 0 Å². The lowest BCUT2D eigenvalue weighted by Gasteiger charge is -2.26. The van der Waals surface area contributed by atoms with E-state index in [0.29, 0.717) is 19.0 Å². The molecule has 3 nitrogen and oxygen atoms in total. The Morgan fingerprint density at radius 1 is 1.32 bits per heavy atom. The summed E-state index contributed by atoms with van der Waals surface area (Å²) in [7, 11) is 0. The van der Waals surface area contributed by atoms with Crippen molar-refractivity contribution in [3.63, 3.8) is 0 Å². The zero-order valence-electron chi connectivity index (χ0n) is 10.8. The van der Waals surface area contributed by atoms with Gasteiger partial charge in [0.05, 0.1) is 0 Å². The summed E-state index contributed by atoms with van der Waals surface area (Å²) in [6.45, 7) is 2.60. The molecule has 0 spiro atoms. The minimum Gasteiger partial charge on any atom is -0.324 e. The number of para-hydroxylation sites is 1. The van der Waals surface area contributed by atoms with Gasteiger partial charge in [0.25, 0.3) is 5.91 Å². The van der Waals surface area contributed by atoms with Crippen LogP contribution in [0.2, 0.25) is 0 Å². The molecule has 0 fully saturated rings. The number of carbonyl (C=O) groups is 1. The van der Waals surface area contributed by atoms with Crippen molar-refractivity contribution >= 4 is 11.6 Å². The van der Waals surface area contributed by atoms with Gasteiger partial charge in [0, 0.05) is 5.69 Å². The van der Waals surface area contributed by atoms with Crippen molar-refractivity contribution in [1.82, 2.24) is 0 Å². The molecule has 1 aromatic carbocycles. The zero-order chi connectivity index (χ0) is 14.7. The van der Waals surface area contributed by atoms with Crippen LogP contribution < -0.4 is 11.1 Å². The molecule has 1 aromatic rings. The van der Waals surface area contributed by atoms with E-state index in [-0.39, 0.29) is 0 Å². The monoisotopic (exact) mass is 274 g/mol. The number of alkyl halides is 3. The van der Waals surface area contributed by atoms with Crippen molar-refractivity contribution in [2.75, 3.05) is 5.32 Å². The van der Waals surface area contributed by atoms with Crippen LogP contribution in [-0.4, -0.2) is 17.6 Å². The standard InChI is InChI=1S/C13H17F3N2O/c1-3-6-9-7-4-5-8-10(9)18-11(19)12(2,17)13(14,15)16/h4-5,7-8H,3,6,17H2,1-2H3,(H,18,19). The number of nitrogens with two attached hydrogens (primary N) is 1. The van der Waals surface area contributed by atoms with Crippen LogP contribution in [0.25, 0.3) is 0 Å². The molecule has 19 heavy (non-hydrogen) atoms. The third kappa shape index (κ3) is 3.47. The largest absolute Gasteiger partial charge is 0.415 e. The molecule has 0 aromatic heterocycles. The van der Waals surface area contributed by atoms with Gasteiger partial charge < -0.3 is 11.1 Å². The lowest BCUT2D eigenvalue weighted by atomic mass is 10.0. The van der Waals surface area contributed by atoms with Crippen LogP contribution in [0, 0.1) is 0 Å². The van der Waals surface area contributed by atoms with Crippen molar-refractivity contribution < 1.29 is 18.0 Å². The third-order valence-electron chi connectivity index (χ3n) is 2.85. The molecule has 3 N–H and O–H groups in total. The second-order valence-corrected chi connectivity index (χ2v) is 4.56. The van der Waals surface area contributed by atoms with Gasteiger partial charge in [-0.25, -0.2) is 0 Å². The van der Waals surface area contributed by atoms with E-state index in [1.54, 1.807) is 24.3 Å². The van der Waals surface area contributed by atoms with E-state index in [4.69, 9.17) is 5.73 Å². The van der Waals surface area contributed by atoms with Crippen LogP contribution in [0.1, 0.15) is 25.8 Å². The van der Waals surface area contributed by atoms with Crippen LogP contribution >= 0.6 is 0 Å². The number of anilines is 1. The van der Waals surface area contributed by atoms with Gasteiger partial charge in [-0.3, -0.25) is 4.79 Å². The minimum atomic E-state index is -4.79. The van der Waals surface area contributed by atoms with Crippen LogP contribution in [-0.2, 0) is 11.2 Å². The number of aryl methyl sites for hydroxylation is 1. The Labute approximate surface area is 110 Å². The van der Waals surface area contributed by atoms with Crippen LogP contribution in [0.15, 0.2) is 24.3 Å². The summed E-state index contributed by atoms with van der Waals surface area (Å²) in [5, 5.41) is 2.26. The van der Waals surface area contributed by atoms with Crippen molar-refractivity contribution in [3.05, 3.63) is 29.8 Å². The fourth-order valence-electron chi connectivity index (χ4n) is 1.51. The molecular formula is C13H17F3N2O. The first kappa shape index (κ1) is 15.5. The summed E-state index contributed by atoms with van der Waals surface area (Å²) in [4.78, 5) is 11.7. The van der Waals surface area contributed by atoms with Gasteiger partial charge in [-0.15, -0.1) is 0 Å². The number of nitrogens with one attached hydrogen (secondary N) is 1. The number of amides is 1. The molecule has 0 radical (unpaired) electrons. The van der Waals surface area contributed by atoms with Crippen molar-refractivity contribution in [3.8, 4) is 0 Å². The number of rotatable bonds is 4. The van der Waals surface area contributed by atoms with E-state index in [9.17, 15) is 18.0 Å². The van der Waals surface area contributed by atoms with E-state index in [2.05, 4.69) is 5.32 Å². The molecule has 1 atom stereocenters. The summed E-state index contributed by atoms with van der Waals surface area (Å²) in [5.74, 6) is -1.26. The predicted octanol–water partition coefficient (Wildman–Crippen LogP) is 2.86. The number of benzene rings is 1. The molecular weight excluding hydrogens is 257 g/mol. The van der Waals surface area contributed by atoms with Crippen LogP contribution in [0.5, 0.6) is 0 Å². The topological polar surface area (TPSA) is 55.1 Å². The predicted molar refractivity (Wildman–Crippen MR) is 67.7 cm³/mol. The Hall–Kier alpha value is -1.56. The first-order valence-electron chi connectivity index (χ1n) is 5.95. The van der Waals surface area contributed by atoms with Gasteiger partial charge in [-0.2, -0.15) is 13.2 Å². The van der Waals surface area contributed by atoms with E-state index in [0.717, 1.165) is 12.0 Å². The fourth-order valence-corrected chi connectivity index (χ4v) is 1.51. The Kier molecular flexibility index (Phi) is 4.57. The molecule has 1 rings (SSSR count). The zero-order valence-corrected chi connectivity index (χ0v) is 10.8. The summed E-state index contributed by atoms with van der Waals surface area (Å²) in [6.07, 6.45) is -3.30. The third-order valence-corrected chi connectivity index (χ3v) is 2.85. The highest BCUT2D eigenvalue weighted by molar-refractivity contribution is 5.98. The molecule has 0 aliphatic rings. The summed E-state index contributed by atoms with van der Waals surface area (Å²) in [6, 6.07) is 6.75. The van der Waals surface area contributed by atoms with E-state index >= 15 is 0 Å². The number of carbonyl (C=O) groups excluding carboxylic acids is 1. The molecule has 0 aliphatic carbocycles. The highest BCUT2D eigenvalue weighted by Gasteiger charge is 2.54. The van der Waals surface area contributed by atoms with Gasteiger partial charge in [0.2, 0.25) is 0 Å². The molecule has 1 amide bonds. The maximum atomic E-state index is 12.6. The van der Waals surface area contributed by atoms with Crippen molar-refractivity contribution in [2.24, 2.45) is 5.73 Å². The first-order valence-corrected chi connectivity index (χ1v) is 5.95. The quantitative estimate of drug-likeness (QED) is 0.887. The Morgan fingerprint density at radius 2 is 1.89 bits per heavy atom. The smallest absolute Gasteiger partial charge is 0.324 e. The first-order chi connectivity index (χ1) is 8.70. The maximum absolute atomic E-state index is 12.6. The van der Waals surface area contributed by atoms with Crippen molar-refractivity contribution in [2.45, 2.75) is 38.4 Å². The molecule has 0 saturated carbocycles. The second-order valence-electron chi connectivity index (χ2n) is 4.56. The molecule has 0 heterocycles. The van der Waals surface area contributed by atoms with Gasteiger partial charge in [0.15, 0.2) is 5.54 Å². The molecule has 0 bridgehead atoms. The summed E-state index contributed by atoms with van der Waals surface area (Å²) >= 11 is 0. The average molecular weight is 274 g/mol. The average Bonchev–Trinajstić information content (AvgIpc) is 2.30. The fraction of sp³-hybridized carbons (Fsp3) is 0.462. The molecule has 1 unspecified atom stereocenters.